The number of rotatable bonds is 10. The summed E-state index contributed by atoms with van der Waals surface area (Å²) in [5.41, 5.74) is 0. The fourth-order valence-electron chi connectivity index (χ4n) is 1.94. The lowest BCUT2D eigenvalue weighted by molar-refractivity contribution is 0.528. The Labute approximate surface area is 104 Å². The quantitative estimate of drug-likeness (QED) is 0.316. The molecule has 0 aliphatic carbocycles. The molecule has 1 atom stereocenters. The molecule has 0 heteroatoms. The lowest BCUT2D eigenvalue weighted by atomic mass is 10.0. The summed E-state index contributed by atoms with van der Waals surface area (Å²) in [6.45, 7) is 9.24. The first-order chi connectivity index (χ1) is 7.66. The van der Waals surface area contributed by atoms with Crippen LogP contribution in [0.25, 0.3) is 0 Å². The Kier molecular flexibility index (Phi) is 11.0. The fourth-order valence-corrected chi connectivity index (χ4v) is 1.94. The number of allylic oxidation sites excluding steroid dienone is 2. The minimum absolute atomic E-state index is 0.788. The SMILES string of the molecule is CCCCC(C)/C=C/CCCCCC(C)C. The van der Waals surface area contributed by atoms with Crippen LogP contribution in [0.5, 0.6) is 0 Å². The van der Waals surface area contributed by atoms with E-state index in [-0.39, 0.29) is 0 Å². The van der Waals surface area contributed by atoms with Crippen LogP contribution in [0.15, 0.2) is 12.2 Å². The summed E-state index contributed by atoms with van der Waals surface area (Å²) in [7, 11) is 0. The van der Waals surface area contributed by atoms with Crippen molar-refractivity contribution in [2.45, 2.75) is 79.1 Å². The van der Waals surface area contributed by atoms with Gasteiger partial charge in [-0.2, -0.15) is 0 Å². The number of hydrogen-bond acceptors (Lipinski definition) is 0. The van der Waals surface area contributed by atoms with Crippen molar-refractivity contribution in [3.05, 3.63) is 12.2 Å². The smallest absolute Gasteiger partial charge is 0.0262 e. The summed E-state index contributed by atoms with van der Waals surface area (Å²) in [5.74, 6) is 1.67. The van der Waals surface area contributed by atoms with Gasteiger partial charge in [0.05, 0.1) is 0 Å². The highest BCUT2D eigenvalue weighted by Gasteiger charge is 1.95. The van der Waals surface area contributed by atoms with Crippen molar-refractivity contribution in [1.29, 1.82) is 0 Å². The van der Waals surface area contributed by atoms with Crippen LogP contribution < -0.4 is 0 Å². The molecule has 0 spiro atoms. The zero-order valence-electron chi connectivity index (χ0n) is 12.0. The first-order valence-corrected chi connectivity index (χ1v) is 7.33. The van der Waals surface area contributed by atoms with E-state index in [9.17, 15) is 0 Å². The lowest BCUT2D eigenvalue weighted by Gasteiger charge is -2.04. The largest absolute Gasteiger partial charge is 0.0883 e. The molecule has 0 amide bonds. The van der Waals surface area contributed by atoms with Crippen LogP contribution in [-0.2, 0) is 0 Å². The highest BCUT2D eigenvalue weighted by Crippen LogP contribution is 2.12. The predicted octanol–water partition coefficient (Wildman–Crippen LogP) is 5.98. The normalized spacial score (nSPS) is 13.8. The summed E-state index contributed by atoms with van der Waals surface area (Å²) in [4.78, 5) is 0. The van der Waals surface area contributed by atoms with E-state index in [1.165, 1.54) is 51.4 Å². The van der Waals surface area contributed by atoms with Crippen molar-refractivity contribution in [3.8, 4) is 0 Å². The van der Waals surface area contributed by atoms with E-state index in [1.807, 2.05) is 0 Å². The highest BCUT2D eigenvalue weighted by atomic mass is 14.0. The summed E-state index contributed by atoms with van der Waals surface area (Å²) in [5, 5.41) is 0. The van der Waals surface area contributed by atoms with E-state index >= 15 is 0 Å². The minimum Gasteiger partial charge on any atom is -0.0883 e. The van der Waals surface area contributed by atoms with Crippen LogP contribution in [0.3, 0.4) is 0 Å². The van der Waals surface area contributed by atoms with Crippen LogP contribution in [0.2, 0.25) is 0 Å². The molecule has 1 unspecified atom stereocenters. The minimum atomic E-state index is 0.788. The summed E-state index contributed by atoms with van der Waals surface area (Å²) in [6.07, 6.45) is 15.8. The van der Waals surface area contributed by atoms with E-state index in [0.29, 0.717) is 0 Å². The Morgan fingerprint density at radius 3 is 2.25 bits per heavy atom. The molecule has 0 saturated heterocycles. The molecule has 0 aliphatic heterocycles. The molecule has 0 aromatic rings. The first-order valence-electron chi connectivity index (χ1n) is 7.33. The third-order valence-corrected chi connectivity index (χ3v) is 3.13. The molecule has 0 radical (unpaired) electrons. The van der Waals surface area contributed by atoms with E-state index in [0.717, 1.165) is 11.8 Å². The van der Waals surface area contributed by atoms with Crippen LogP contribution in [-0.4, -0.2) is 0 Å². The Morgan fingerprint density at radius 1 is 0.875 bits per heavy atom. The summed E-state index contributed by atoms with van der Waals surface area (Å²) < 4.78 is 0. The van der Waals surface area contributed by atoms with Crippen LogP contribution >= 0.6 is 0 Å². The molecule has 0 fully saturated rings. The molecular formula is C16H32. The molecule has 0 aromatic heterocycles. The maximum atomic E-state index is 2.41. The molecular weight excluding hydrogens is 192 g/mol. The monoisotopic (exact) mass is 224 g/mol. The van der Waals surface area contributed by atoms with Gasteiger partial charge in [-0.05, 0) is 31.1 Å². The van der Waals surface area contributed by atoms with E-state index in [4.69, 9.17) is 0 Å². The molecule has 0 nitrogen and oxygen atoms in total. The average molecular weight is 224 g/mol. The van der Waals surface area contributed by atoms with Gasteiger partial charge in [0.1, 0.15) is 0 Å². The van der Waals surface area contributed by atoms with Crippen LogP contribution in [0.4, 0.5) is 0 Å². The molecule has 96 valence electrons. The molecule has 16 heavy (non-hydrogen) atoms. The molecule has 0 aliphatic rings. The number of unbranched alkanes of at least 4 members (excludes halogenated alkanes) is 4. The predicted molar refractivity (Wildman–Crippen MR) is 75.8 cm³/mol. The van der Waals surface area contributed by atoms with Crippen molar-refractivity contribution >= 4 is 0 Å². The standard InChI is InChI=1S/C16H32/c1-5-6-13-16(4)14-11-9-7-8-10-12-15(2)3/h11,14-16H,5-10,12-13H2,1-4H3/b14-11+. The zero-order chi connectivity index (χ0) is 12.2. The van der Waals surface area contributed by atoms with Crippen LogP contribution in [0, 0.1) is 11.8 Å². The second-order valence-electron chi connectivity index (χ2n) is 5.58. The first kappa shape index (κ1) is 15.7. The molecule has 0 N–H and O–H groups in total. The third kappa shape index (κ3) is 11.8. The van der Waals surface area contributed by atoms with Crippen molar-refractivity contribution in [2.75, 3.05) is 0 Å². The fraction of sp³-hybridized carbons (Fsp3) is 0.875. The second kappa shape index (κ2) is 11.2. The molecule has 0 bridgehead atoms. The Hall–Kier alpha value is -0.260. The Morgan fingerprint density at radius 2 is 1.62 bits per heavy atom. The van der Waals surface area contributed by atoms with E-state index in [2.05, 4.69) is 39.8 Å². The van der Waals surface area contributed by atoms with Gasteiger partial charge in [-0.3, -0.25) is 0 Å². The molecule has 0 rings (SSSR count). The van der Waals surface area contributed by atoms with E-state index in [1.54, 1.807) is 0 Å². The summed E-state index contributed by atoms with van der Waals surface area (Å²) >= 11 is 0. The zero-order valence-corrected chi connectivity index (χ0v) is 12.0. The molecule has 0 saturated carbocycles. The van der Waals surface area contributed by atoms with Gasteiger partial charge in [-0.1, -0.05) is 72.0 Å². The number of hydrogen-bond donors (Lipinski definition) is 0. The van der Waals surface area contributed by atoms with Crippen molar-refractivity contribution in [2.24, 2.45) is 11.8 Å². The van der Waals surface area contributed by atoms with Gasteiger partial charge in [0, 0.05) is 0 Å². The van der Waals surface area contributed by atoms with Gasteiger partial charge in [-0.15, -0.1) is 0 Å². The average Bonchev–Trinajstić information content (AvgIpc) is 2.24. The van der Waals surface area contributed by atoms with Crippen molar-refractivity contribution < 1.29 is 0 Å². The molecule has 0 aromatic carbocycles. The van der Waals surface area contributed by atoms with Gasteiger partial charge in [0.25, 0.3) is 0 Å². The van der Waals surface area contributed by atoms with Gasteiger partial charge >= 0.3 is 0 Å². The lowest BCUT2D eigenvalue weighted by Crippen LogP contribution is -1.89. The Bertz CT molecular complexity index is 155. The summed E-state index contributed by atoms with van der Waals surface area (Å²) in [6, 6.07) is 0. The van der Waals surface area contributed by atoms with Gasteiger partial charge in [0.15, 0.2) is 0 Å². The topological polar surface area (TPSA) is 0 Å². The van der Waals surface area contributed by atoms with Gasteiger partial charge in [0.2, 0.25) is 0 Å². The molecule has 0 heterocycles. The van der Waals surface area contributed by atoms with E-state index < -0.39 is 0 Å². The van der Waals surface area contributed by atoms with Crippen molar-refractivity contribution in [3.63, 3.8) is 0 Å². The van der Waals surface area contributed by atoms with Gasteiger partial charge < -0.3 is 0 Å². The van der Waals surface area contributed by atoms with Crippen LogP contribution in [0.1, 0.15) is 79.1 Å². The maximum absolute atomic E-state index is 2.41. The highest BCUT2D eigenvalue weighted by molar-refractivity contribution is 4.86. The van der Waals surface area contributed by atoms with Gasteiger partial charge in [-0.25, -0.2) is 0 Å². The Balaban J connectivity index is 3.26. The maximum Gasteiger partial charge on any atom is -0.0262 e. The van der Waals surface area contributed by atoms with Crippen molar-refractivity contribution in [1.82, 2.24) is 0 Å². The third-order valence-electron chi connectivity index (χ3n) is 3.13. The second-order valence-corrected chi connectivity index (χ2v) is 5.58.